The molecule has 5 unspecified atom stereocenters. The molecule has 1 aliphatic rings. The summed E-state index contributed by atoms with van der Waals surface area (Å²) in [7, 11) is 0. The standard InChI is InChI=1S/C18H29N5O9/c1-8(24)14(23-15(28)9-3-2-6-20-9)17(30)21-10(4-5-13(26)27)16(29)22-11(18(31)32)7-12(19)25/h8-11,14,20,24H,2-7H2,1H3,(H2,19,25)(H,21,30)(H,22,29)(H,23,28)(H,26,27)(H,31,32). The first-order valence-corrected chi connectivity index (χ1v) is 9.97. The molecule has 4 amide bonds. The summed E-state index contributed by atoms with van der Waals surface area (Å²) in [6.45, 7) is 1.86. The fourth-order valence-electron chi connectivity index (χ4n) is 3.04. The van der Waals surface area contributed by atoms with Gasteiger partial charge in [0.05, 0.1) is 18.6 Å². The highest BCUT2D eigenvalue weighted by Gasteiger charge is 2.33. The number of nitrogens with two attached hydrogens (primary N) is 1. The maximum atomic E-state index is 12.7. The van der Waals surface area contributed by atoms with Crippen LogP contribution in [0.2, 0.25) is 0 Å². The van der Waals surface area contributed by atoms with E-state index in [-0.39, 0.29) is 0 Å². The maximum absolute atomic E-state index is 12.7. The molecular formula is C18H29N5O9. The van der Waals surface area contributed by atoms with Crippen molar-refractivity contribution in [1.29, 1.82) is 0 Å². The first-order valence-electron chi connectivity index (χ1n) is 9.97. The molecule has 0 aromatic carbocycles. The molecule has 0 aliphatic carbocycles. The number of amides is 4. The Morgan fingerprint density at radius 3 is 2.12 bits per heavy atom. The first kappa shape index (κ1) is 26.8. The second-order valence-corrected chi connectivity index (χ2v) is 7.44. The summed E-state index contributed by atoms with van der Waals surface area (Å²) in [6, 6.07) is -5.20. The lowest BCUT2D eigenvalue weighted by Crippen LogP contribution is -2.59. The predicted octanol–water partition coefficient (Wildman–Crippen LogP) is -3.60. The molecule has 180 valence electrons. The average Bonchev–Trinajstić information content (AvgIpc) is 3.22. The van der Waals surface area contributed by atoms with Crippen molar-refractivity contribution in [2.24, 2.45) is 5.73 Å². The maximum Gasteiger partial charge on any atom is 0.326 e. The molecule has 5 atom stereocenters. The third-order valence-electron chi connectivity index (χ3n) is 4.74. The van der Waals surface area contributed by atoms with Gasteiger partial charge >= 0.3 is 11.9 Å². The van der Waals surface area contributed by atoms with E-state index in [1.807, 2.05) is 5.32 Å². The minimum atomic E-state index is -1.69. The molecular weight excluding hydrogens is 430 g/mol. The van der Waals surface area contributed by atoms with Gasteiger partial charge in [-0.05, 0) is 32.7 Å². The number of primary amides is 1. The van der Waals surface area contributed by atoms with E-state index in [9.17, 15) is 33.9 Å². The highest BCUT2D eigenvalue weighted by Crippen LogP contribution is 2.07. The molecule has 32 heavy (non-hydrogen) atoms. The monoisotopic (exact) mass is 459 g/mol. The van der Waals surface area contributed by atoms with Crippen molar-refractivity contribution in [1.82, 2.24) is 21.3 Å². The largest absolute Gasteiger partial charge is 0.481 e. The summed E-state index contributed by atoms with van der Waals surface area (Å²) < 4.78 is 0. The molecule has 0 radical (unpaired) electrons. The second-order valence-electron chi connectivity index (χ2n) is 7.44. The molecule has 1 fully saturated rings. The summed E-state index contributed by atoms with van der Waals surface area (Å²) in [4.78, 5) is 70.7. The zero-order chi connectivity index (χ0) is 24.4. The molecule has 0 bridgehead atoms. The van der Waals surface area contributed by atoms with Gasteiger partial charge in [0, 0.05) is 6.42 Å². The minimum Gasteiger partial charge on any atom is -0.481 e. The van der Waals surface area contributed by atoms with Crippen LogP contribution >= 0.6 is 0 Å². The van der Waals surface area contributed by atoms with Crippen LogP contribution in [0.5, 0.6) is 0 Å². The van der Waals surface area contributed by atoms with Gasteiger partial charge in [-0.1, -0.05) is 0 Å². The van der Waals surface area contributed by atoms with Crippen LogP contribution in [0, 0.1) is 0 Å². The number of carbonyl (C=O) groups is 6. The third kappa shape index (κ3) is 8.85. The van der Waals surface area contributed by atoms with Crippen LogP contribution in [0.3, 0.4) is 0 Å². The molecule has 0 spiro atoms. The second kappa shape index (κ2) is 12.6. The lowest BCUT2D eigenvalue weighted by Gasteiger charge is -2.26. The lowest BCUT2D eigenvalue weighted by molar-refractivity contribution is -0.144. The van der Waals surface area contributed by atoms with Gasteiger partial charge in [-0.3, -0.25) is 24.0 Å². The van der Waals surface area contributed by atoms with Gasteiger partial charge in [0.15, 0.2) is 0 Å². The smallest absolute Gasteiger partial charge is 0.326 e. The van der Waals surface area contributed by atoms with E-state index < -0.39 is 85.1 Å². The van der Waals surface area contributed by atoms with Gasteiger partial charge in [-0.2, -0.15) is 0 Å². The van der Waals surface area contributed by atoms with Crippen LogP contribution in [0.4, 0.5) is 0 Å². The van der Waals surface area contributed by atoms with Crippen molar-refractivity contribution in [2.75, 3.05) is 6.54 Å². The number of carboxylic acid groups (broad SMARTS) is 2. The van der Waals surface area contributed by atoms with Gasteiger partial charge in [0.2, 0.25) is 23.6 Å². The number of aliphatic carboxylic acids is 2. The average molecular weight is 459 g/mol. The molecule has 1 aliphatic heterocycles. The molecule has 1 heterocycles. The van der Waals surface area contributed by atoms with Crippen LogP contribution in [0.25, 0.3) is 0 Å². The Labute approximate surface area is 183 Å². The molecule has 9 N–H and O–H groups in total. The number of nitrogens with one attached hydrogen (secondary N) is 4. The van der Waals surface area contributed by atoms with E-state index in [1.165, 1.54) is 6.92 Å². The van der Waals surface area contributed by atoms with Gasteiger partial charge < -0.3 is 42.3 Å². The Kier molecular flexibility index (Phi) is 10.5. The zero-order valence-electron chi connectivity index (χ0n) is 17.5. The zero-order valence-corrected chi connectivity index (χ0v) is 17.5. The van der Waals surface area contributed by atoms with E-state index >= 15 is 0 Å². The molecule has 1 rings (SSSR count). The molecule has 0 saturated carbocycles. The summed E-state index contributed by atoms with van der Waals surface area (Å²) in [6.07, 6.45) is -1.74. The quantitative estimate of drug-likeness (QED) is 0.135. The van der Waals surface area contributed by atoms with Crippen LogP contribution < -0.4 is 27.0 Å². The van der Waals surface area contributed by atoms with Crippen molar-refractivity contribution in [2.45, 2.75) is 69.3 Å². The molecule has 1 saturated heterocycles. The Balaban J connectivity index is 2.92. The number of carbonyl (C=O) groups excluding carboxylic acids is 4. The fraction of sp³-hybridized carbons (Fsp3) is 0.667. The van der Waals surface area contributed by atoms with Gasteiger partial charge in [-0.15, -0.1) is 0 Å². The van der Waals surface area contributed by atoms with E-state index in [0.717, 1.165) is 6.42 Å². The fourth-order valence-corrected chi connectivity index (χ4v) is 3.04. The van der Waals surface area contributed by atoms with Crippen molar-refractivity contribution in [3.05, 3.63) is 0 Å². The van der Waals surface area contributed by atoms with Crippen LogP contribution in [0.1, 0.15) is 39.0 Å². The minimum absolute atomic E-state index is 0.416. The number of aliphatic hydroxyl groups excluding tert-OH is 1. The van der Waals surface area contributed by atoms with E-state index in [4.69, 9.17) is 15.9 Å². The van der Waals surface area contributed by atoms with Gasteiger partial charge in [-0.25, -0.2) is 4.79 Å². The van der Waals surface area contributed by atoms with Crippen molar-refractivity contribution < 1.29 is 44.1 Å². The number of aliphatic hydroxyl groups is 1. The van der Waals surface area contributed by atoms with Crippen LogP contribution in [-0.4, -0.2) is 87.7 Å². The number of hydrogen-bond acceptors (Lipinski definition) is 8. The summed E-state index contributed by atoms with van der Waals surface area (Å²) in [5, 5.41) is 37.5. The van der Waals surface area contributed by atoms with Crippen LogP contribution in [-0.2, 0) is 28.8 Å². The Morgan fingerprint density at radius 2 is 1.66 bits per heavy atom. The normalized spacial score (nSPS) is 19.1. The number of rotatable bonds is 13. The Bertz CT molecular complexity index is 736. The van der Waals surface area contributed by atoms with Crippen molar-refractivity contribution in [3.8, 4) is 0 Å². The van der Waals surface area contributed by atoms with Gasteiger partial charge in [0.25, 0.3) is 0 Å². The summed E-state index contributed by atoms with van der Waals surface area (Å²) in [5.74, 6) is -6.40. The molecule has 14 heteroatoms. The molecule has 14 nitrogen and oxygen atoms in total. The summed E-state index contributed by atoms with van der Waals surface area (Å²) in [5.41, 5.74) is 4.96. The third-order valence-corrected chi connectivity index (χ3v) is 4.74. The van der Waals surface area contributed by atoms with Crippen molar-refractivity contribution in [3.63, 3.8) is 0 Å². The van der Waals surface area contributed by atoms with E-state index in [1.54, 1.807) is 0 Å². The van der Waals surface area contributed by atoms with Gasteiger partial charge in [0.1, 0.15) is 18.1 Å². The number of hydrogen-bond donors (Lipinski definition) is 8. The highest BCUT2D eigenvalue weighted by molar-refractivity contribution is 5.95. The summed E-state index contributed by atoms with van der Waals surface area (Å²) >= 11 is 0. The molecule has 0 aromatic heterocycles. The topological polar surface area (TPSA) is 237 Å². The van der Waals surface area contributed by atoms with Crippen LogP contribution in [0.15, 0.2) is 0 Å². The first-order chi connectivity index (χ1) is 14.9. The highest BCUT2D eigenvalue weighted by atomic mass is 16.4. The van der Waals surface area contributed by atoms with Crippen molar-refractivity contribution >= 4 is 35.6 Å². The lowest BCUT2D eigenvalue weighted by atomic mass is 10.1. The number of carboxylic acids is 2. The molecule has 0 aromatic rings. The SMILES string of the molecule is CC(O)C(NC(=O)C1CCCN1)C(=O)NC(CCC(=O)O)C(=O)NC(CC(N)=O)C(=O)O. The van der Waals surface area contributed by atoms with E-state index in [2.05, 4.69) is 16.0 Å². The Hall–Kier alpha value is -3.26. The van der Waals surface area contributed by atoms with E-state index in [0.29, 0.717) is 13.0 Å². The predicted molar refractivity (Wildman–Crippen MR) is 107 cm³/mol. The Morgan fingerprint density at radius 1 is 1.03 bits per heavy atom.